The van der Waals surface area contributed by atoms with Gasteiger partial charge < -0.3 is 14.8 Å². The van der Waals surface area contributed by atoms with E-state index in [-0.39, 0.29) is 23.5 Å². The largest absolute Gasteiger partial charge is 0.444 e. The number of carbonyl (C=O) groups excluding carboxylic acids is 3. The molecule has 2 aromatic carbocycles. The second-order valence-corrected chi connectivity index (χ2v) is 9.17. The molecule has 0 fully saturated rings. The number of rotatable bonds is 7. The number of hydrogen-bond donors (Lipinski definition) is 2. The summed E-state index contributed by atoms with van der Waals surface area (Å²) in [5.74, 6) is -3.34. The van der Waals surface area contributed by atoms with Crippen molar-refractivity contribution in [2.24, 2.45) is 0 Å². The van der Waals surface area contributed by atoms with Crippen LogP contribution >= 0.6 is 0 Å². The first-order valence-corrected chi connectivity index (χ1v) is 11.2. The molecule has 3 amide bonds. The van der Waals surface area contributed by atoms with Gasteiger partial charge in [0, 0.05) is 7.05 Å². The highest BCUT2D eigenvalue weighted by molar-refractivity contribution is 5.94. The highest BCUT2D eigenvalue weighted by Crippen LogP contribution is 2.33. The van der Waals surface area contributed by atoms with Gasteiger partial charge >= 0.3 is 18.4 Å². The average Bonchev–Trinajstić information content (AvgIpc) is 2.80. The van der Waals surface area contributed by atoms with Crippen molar-refractivity contribution in [2.45, 2.75) is 52.0 Å². The zero-order chi connectivity index (χ0) is 28.0. The minimum atomic E-state index is -4.65. The zero-order valence-corrected chi connectivity index (χ0v) is 21.0. The third-order valence-electron chi connectivity index (χ3n) is 4.92. The van der Waals surface area contributed by atoms with E-state index in [1.165, 1.54) is 14.0 Å². The van der Waals surface area contributed by atoms with E-state index in [0.29, 0.717) is 5.56 Å². The first-order valence-electron chi connectivity index (χ1n) is 11.2. The fraction of sp³-hybridized carbons (Fsp3) is 0.400. The normalized spacial score (nSPS) is 12.4. The van der Waals surface area contributed by atoms with Gasteiger partial charge in [-0.3, -0.25) is 15.0 Å². The maximum atomic E-state index is 14.9. The highest BCUT2D eigenvalue weighted by atomic mass is 19.4. The number of nitrogens with one attached hydrogen (secondary N) is 2. The van der Waals surface area contributed by atoms with Gasteiger partial charge in [0.05, 0.1) is 17.3 Å². The monoisotopic (exact) mass is 527 g/mol. The lowest BCUT2D eigenvalue weighted by molar-refractivity contribution is -0.139. The first kappa shape index (κ1) is 29.4. The summed E-state index contributed by atoms with van der Waals surface area (Å²) in [6.07, 6.45) is -6.51. The summed E-state index contributed by atoms with van der Waals surface area (Å²) in [6, 6.07) is 10.7. The van der Waals surface area contributed by atoms with Crippen LogP contribution in [-0.2, 0) is 20.9 Å². The molecule has 202 valence electrons. The van der Waals surface area contributed by atoms with Crippen LogP contribution in [0.15, 0.2) is 42.5 Å². The predicted octanol–water partition coefficient (Wildman–Crippen LogP) is 5.73. The van der Waals surface area contributed by atoms with Crippen LogP contribution in [0.2, 0.25) is 0 Å². The Hall–Kier alpha value is -3.83. The molecule has 2 aromatic rings. The third kappa shape index (κ3) is 9.28. The molecular formula is C25H29F4N3O5. The topological polar surface area (TPSA) is 97.0 Å². The highest BCUT2D eigenvalue weighted by Gasteiger charge is 2.31. The molecule has 0 aliphatic heterocycles. The van der Waals surface area contributed by atoms with Gasteiger partial charge in [0.15, 0.2) is 0 Å². The van der Waals surface area contributed by atoms with Crippen molar-refractivity contribution in [1.82, 2.24) is 5.32 Å². The SMILES string of the molecule is CC(C(=O)NCC(F)(F)F)c1cc(F)c(NC(=O)OC(C)(C)C)cc1N(C)C(=O)OCc1ccccc1. The van der Waals surface area contributed by atoms with Crippen LogP contribution in [0.4, 0.5) is 38.5 Å². The van der Waals surface area contributed by atoms with Gasteiger partial charge in [0.25, 0.3) is 0 Å². The summed E-state index contributed by atoms with van der Waals surface area (Å²) < 4.78 is 63.1. The molecule has 0 aliphatic rings. The molecule has 0 heterocycles. The molecule has 12 heteroatoms. The Morgan fingerprint density at radius 2 is 1.68 bits per heavy atom. The average molecular weight is 528 g/mol. The molecule has 8 nitrogen and oxygen atoms in total. The zero-order valence-electron chi connectivity index (χ0n) is 21.0. The van der Waals surface area contributed by atoms with Crippen molar-refractivity contribution in [3.63, 3.8) is 0 Å². The summed E-state index contributed by atoms with van der Waals surface area (Å²) in [6.45, 7) is 4.40. The van der Waals surface area contributed by atoms with Crippen LogP contribution < -0.4 is 15.5 Å². The van der Waals surface area contributed by atoms with Crippen LogP contribution in [0.25, 0.3) is 0 Å². The molecule has 1 atom stereocenters. The van der Waals surface area contributed by atoms with Gasteiger partial charge in [-0.2, -0.15) is 13.2 Å². The molecule has 2 N–H and O–H groups in total. The number of anilines is 2. The van der Waals surface area contributed by atoms with Crippen molar-refractivity contribution < 1.29 is 41.4 Å². The van der Waals surface area contributed by atoms with Crippen molar-refractivity contribution in [2.75, 3.05) is 23.8 Å². The minimum absolute atomic E-state index is 0.0693. The van der Waals surface area contributed by atoms with E-state index in [4.69, 9.17) is 9.47 Å². The molecule has 0 aromatic heterocycles. The summed E-state index contributed by atoms with van der Waals surface area (Å²) in [5, 5.41) is 3.98. The lowest BCUT2D eigenvalue weighted by Gasteiger charge is -2.25. The molecule has 1 unspecified atom stereocenters. The fourth-order valence-corrected chi connectivity index (χ4v) is 3.12. The standard InChI is InChI=1S/C25H29F4N3O5/c1-15(21(33)30-14-25(27,28)29)17-11-18(26)19(31-22(34)37-24(2,3)4)12-20(17)32(5)23(35)36-13-16-9-7-6-8-10-16/h6-12,15H,13-14H2,1-5H3,(H,30,33)(H,31,34). The van der Waals surface area contributed by atoms with E-state index in [1.807, 2.05) is 0 Å². The second kappa shape index (κ2) is 11.9. The van der Waals surface area contributed by atoms with Gasteiger partial charge in [-0.05, 0) is 51.0 Å². The smallest absolute Gasteiger partial charge is 0.414 e. The number of halogens is 4. The second-order valence-electron chi connectivity index (χ2n) is 9.17. The molecule has 0 saturated carbocycles. The maximum Gasteiger partial charge on any atom is 0.414 e. The van der Waals surface area contributed by atoms with E-state index >= 15 is 0 Å². The molecule has 0 spiro atoms. The summed E-state index contributed by atoms with van der Waals surface area (Å²) in [5.41, 5.74) is -0.743. The molecule has 0 saturated heterocycles. The van der Waals surface area contributed by atoms with Crippen LogP contribution in [0, 0.1) is 5.82 Å². The fourth-order valence-electron chi connectivity index (χ4n) is 3.12. The maximum absolute atomic E-state index is 14.9. The van der Waals surface area contributed by atoms with Crippen molar-refractivity contribution in [3.05, 3.63) is 59.4 Å². The Morgan fingerprint density at radius 3 is 2.24 bits per heavy atom. The van der Waals surface area contributed by atoms with E-state index in [1.54, 1.807) is 56.4 Å². The molecule has 37 heavy (non-hydrogen) atoms. The lowest BCUT2D eigenvalue weighted by Crippen LogP contribution is -2.37. The molecule has 0 aliphatic carbocycles. The van der Waals surface area contributed by atoms with E-state index < -0.39 is 48.2 Å². The van der Waals surface area contributed by atoms with Gasteiger partial charge in [0.1, 0.15) is 24.6 Å². The van der Waals surface area contributed by atoms with Gasteiger partial charge in [-0.25, -0.2) is 14.0 Å². The number of amides is 3. The number of hydrogen-bond acceptors (Lipinski definition) is 5. The van der Waals surface area contributed by atoms with Crippen molar-refractivity contribution >= 4 is 29.5 Å². The van der Waals surface area contributed by atoms with Gasteiger partial charge in [-0.1, -0.05) is 30.3 Å². The Bertz CT molecular complexity index is 1120. The Kier molecular flexibility index (Phi) is 9.49. The van der Waals surface area contributed by atoms with Crippen LogP contribution in [0.1, 0.15) is 44.7 Å². The predicted molar refractivity (Wildman–Crippen MR) is 129 cm³/mol. The quantitative estimate of drug-likeness (QED) is 0.449. The Balaban J connectivity index is 2.38. The number of ether oxygens (including phenoxy) is 2. The van der Waals surface area contributed by atoms with Crippen LogP contribution in [0.3, 0.4) is 0 Å². The Morgan fingerprint density at radius 1 is 1.05 bits per heavy atom. The molecule has 0 bridgehead atoms. The number of alkyl halides is 3. The van der Waals surface area contributed by atoms with Crippen molar-refractivity contribution in [3.8, 4) is 0 Å². The minimum Gasteiger partial charge on any atom is -0.444 e. The van der Waals surface area contributed by atoms with Crippen LogP contribution in [0.5, 0.6) is 0 Å². The summed E-state index contributed by atoms with van der Waals surface area (Å²) in [7, 11) is 1.28. The third-order valence-corrected chi connectivity index (χ3v) is 4.92. The van der Waals surface area contributed by atoms with Crippen molar-refractivity contribution in [1.29, 1.82) is 0 Å². The molecule has 0 radical (unpaired) electrons. The Labute approximate surface area is 211 Å². The number of nitrogens with zero attached hydrogens (tertiary/aromatic N) is 1. The molecule has 2 rings (SSSR count). The number of benzene rings is 2. The van der Waals surface area contributed by atoms with Gasteiger partial charge in [0.2, 0.25) is 5.91 Å². The van der Waals surface area contributed by atoms with Crippen LogP contribution in [-0.4, -0.2) is 43.5 Å². The van der Waals surface area contributed by atoms with E-state index in [2.05, 4.69) is 5.32 Å². The van der Waals surface area contributed by atoms with Gasteiger partial charge in [-0.15, -0.1) is 0 Å². The molecular weight excluding hydrogens is 498 g/mol. The first-order chi connectivity index (χ1) is 17.1. The number of carbonyl (C=O) groups is 3. The summed E-state index contributed by atoms with van der Waals surface area (Å²) >= 11 is 0. The lowest BCUT2D eigenvalue weighted by atomic mass is 9.96. The van der Waals surface area contributed by atoms with E-state index in [0.717, 1.165) is 17.0 Å². The van der Waals surface area contributed by atoms with E-state index in [9.17, 15) is 31.9 Å². The summed E-state index contributed by atoms with van der Waals surface area (Å²) in [4.78, 5) is 38.3.